The van der Waals surface area contributed by atoms with E-state index in [2.05, 4.69) is 39.8 Å². The highest BCUT2D eigenvalue weighted by Gasteiger charge is 2.27. The Morgan fingerprint density at radius 3 is 2.85 bits per heavy atom. The van der Waals surface area contributed by atoms with Gasteiger partial charge in [0, 0.05) is 25.2 Å². The third kappa shape index (κ3) is 3.58. The molecule has 0 aliphatic carbocycles. The van der Waals surface area contributed by atoms with Crippen LogP contribution < -0.4 is 5.73 Å². The summed E-state index contributed by atoms with van der Waals surface area (Å²) < 4.78 is 14.2. The van der Waals surface area contributed by atoms with Gasteiger partial charge in [0.05, 0.1) is 4.47 Å². The van der Waals surface area contributed by atoms with Crippen LogP contribution in [0.5, 0.6) is 0 Å². The van der Waals surface area contributed by atoms with E-state index >= 15 is 0 Å². The molecule has 0 bridgehead atoms. The summed E-state index contributed by atoms with van der Waals surface area (Å²) >= 11 is 3.20. The molecule has 1 fully saturated rings. The lowest BCUT2D eigenvalue weighted by atomic mass is 9.99. The summed E-state index contributed by atoms with van der Waals surface area (Å²) in [7, 11) is 4.23. The van der Waals surface area contributed by atoms with Crippen molar-refractivity contribution in [3.63, 3.8) is 0 Å². The molecule has 112 valence electrons. The van der Waals surface area contributed by atoms with Gasteiger partial charge >= 0.3 is 0 Å². The SMILES string of the molecule is CN(C)C1CCCN(C(CN)c2ccc(Br)c(F)c2)C1. The van der Waals surface area contributed by atoms with E-state index in [0.717, 1.165) is 18.7 Å². The molecular weight excluding hydrogens is 321 g/mol. The standard InChI is InChI=1S/C15H23BrFN3/c1-19(2)12-4-3-7-20(10-12)15(9-18)11-5-6-13(16)14(17)8-11/h5-6,8,12,15H,3-4,7,9-10,18H2,1-2H3. The Kier molecular flexibility index (Phi) is 5.55. The van der Waals surface area contributed by atoms with Crippen molar-refractivity contribution in [3.05, 3.63) is 34.1 Å². The molecule has 1 aliphatic rings. The van der Waals surface area contributed by atoms with Crippen molar-refractivity contribution < 1.29 is 4.39 Å². The average Bonchev–Trinajstić information content (AvgIpc) is 2.44. The number of piperidine rings is 1. The van der Waals surface area contributed by atoms with Gasteiger partial charge in [-0.3, -0.25) is 4.90 Å². The maximum atomic E-state index is 13.7. The zero-order valence-electron chi connectivity index (χ0n) is 12.1. The van der Waals surface area contributed by atoms with Crippen LogP contribution in [0.3, 0.4) is 0 Å². The van der Waals surface area contributed by atoms with Crippen molar-refractivity contribution >= 4 is 15.9 Å². The van der Waals surface area contributed by atoms with Crippen molar-refractivity contribution in [2.75, 3.05) is 33.7 Å². The van der Waals surface area contributed by atoms with Gasteiger partial charge in [-0.05, 0) is 67.1 Å². The van der Waals surface area contributed by atoms with Gasteiger partial charge in [0.1, 0.15) is 5.82 Å². The smallest absolute Gasteiger partial charge is 0.137 e. The van der Waals surface area contributed by atoms with Crippen LogP contribution >= 0.6 is 15.9 Å². The average molecular weight is 344 g/mol. The minimum absolute atomic E-state index is 0.0975. The molecule has 2 rings (SSSR count). The molecule has 1 aromatic carbocycles. The van der Waals surface area contributed by atoms with Crippen LogP contribution in [0.4, 0.5) is 4.39 Å². The molecule has 3 nitrogen and oxygen atoms in total. The second kappa shape index (κ2) is 6.98. The molecule has 1 heterocycles. The lowest BCUT2D eigenvalue weighted by Crippen LogP contribution is -2.47. The molecule has 0 aromatic heterocycles. The van der Waals surface area contributed by atoms with Crippen LogP contribution in [0.1, 0.15) is 24.4 Å². The summed E-state index contributed by atoms with van der Waals surface area (Å²) in [6.07, 6.45) is 2.38. The predicted octanol–water partition coefficient (Wildman–Crippen LogP) is 2.61. The highest BCUT2D eigenvalue weighted by atomic mass is 79.9. The van der Waals surface area contributed by atoms with Crippen molar-refractivity contribution in [1.29, 1.82) is 0 Å². The molecule has 0 radical (unpaired) electrons. The van der Waals surface area contributed by atoms with Crippen molar-refractivity contribution in [3.8, 4) is 0 Å². The largest absolute Gasteiger partial charge is 0.329 e. The number of nitrogens with zero attached hydrogens (tertiary/aromatic N) is 2. The molecule has 2 atom stereocenters. The van der Waals surface area contributed by atoms with E-state index < -0.39 is 0 Å². The van der Waals surface area contributed by atoms with Crippen LogP contribution in [-0.2, 0) is 0 Å². The second-order valence-electron chi connectivity index (χ2n) is 5.68. The number of halogens is 2. The molecule has 1 aromatic rings. The Bertz CT molecular complexity index is 453. The molecule has 0 saturated carbocycles. The number of likely N-dealkylation sites (N-methyl/N-ethyl adjacent to an activating group) is 1. The van der Waals surface area contributed by atoms with Gasteiger partial charge in [-0.15, -0.1) is 0 Å². The van der Waals surface area contributed by atoms with E-state index in [1.807, 2.05) is 6.07 Å². The Labute approximate surface area is 129 Å². The van der Waals surface area contributed by atoms with Crippen molar-refractivity contribution in [2.24, 2.45) is 5.73 Å². The molecule has 2 unspecified atom stereocenters. The summed E-state index contributed by atoms with van der Waals surface area (Å²) in [4.78, 5) is 4.65. The Morgan fingerprint density at radius 2 is 2.25 bits per heavy atom. The van der Waals surface area contributed by atoms with Crippen LogP contribution in [0, 0.1) is 5.82 Å². The van der Waals surface area contributed by atoms with Gasteiger partial charge in [-0.2, -0.15) is 0 Å². The first-order valence-electron chi connectivity index (χ1n) is 7.08. The molecule has 0 amide bonds. The fourth-order valence-corrected chi connectivity index (χ4v) is 3.15. The normalized spacial score (nSPS) is 22.2. The Balaban J connectivity index is 2.16. The molecule has 1 saturated heterocycles. The summed E-state index contributed by atoms with van der Waals surface area (Å²) in [6.45, 7) is 2.54. The molecular formula is C15H23BrFN3. The third-order valence-electron chi connectivity index (χ3n) is 4.15. The highest BCUT2D eigenvalue weighted by molar-refractivity contribution is 9.10. The number of likely N-dealkylation sites (tertiary alicyclic amines) is 1. The minimum atomic E-state index is -0.220. The van der Waals surface area contributed by atoms with Gasteiger partial charge in [0.2, 0.25) is 0 Å². The van der Waals surface area contributed by atoms with Gasteiger partial charge < -0.3 is 10.6 Å². The van der Waals surface area contributed by atoms with E-state index in [1.165, 1.54) is 12.8 Å². The number of rotatable bonds is 4. The zero-order valence-corrected chi connectivity index (χ0v) is 13.7. The van der Waals surface area contributed by atoms with Gasteiger partial charge in [0.25, 0.3) is 0 Å². The van der Waals surface area contributed by atoms with Gasteiger partial charge in [0.15, 0.2) is 0 Å². The maximum absolute atomic E-state index is 13.7. The molecule has 20 heavy (non-hydrogen) atoms. The summed E-state index contributed by atoms with van der Waals surface area (Å²) in [5.74, 6) is -0.220. The van der Waals surface area contributed by atoms with Crippen LogP contribution in [0.15, 0.2) is 22.7 Å². The first-order chi connectivity index (χ1) is 9.52. The summed E-state index contributed by atoms with van der Waals surface area (Å²) in [5.41, 5.74) is 6.92. The molecule has 0 spiro atoms. The molecule has 5 heteroatoms. The van der Waals surface area contributed by atoms with E-state index in [1.54, 1.807) is 12.1 Å². The minimum Gasteiger partial charge on any atom is -0.329 e. The van der Waals surface area contributed by atoms with Crippen molar-refractivity contribution in [2.45, 2.75) is 24.9 Å². The van der Waals surface area contributed by atoms with E-state index in [9.17, 15) is 4.39 Å². The fraction of sp³-hybridized carbons (Fsp3) is 0.600. The van der Waals surface area contributed by atoms with Crippen LogP contribution in [0.2, 0.25) is 0 Å². The predicted molar refractivity (Wildman–Crippen MR) is 84.2 cm³/mol. The molecule has 1 aliphatic heterocycles. The van der Waals surface area contributed by atoms with Crippen LogP contribution in [0.25, 0.3) is 0 Å². The number of benzene rings is 1. The summed E-state index contributed by atoms with van der Waals surface area (Å²) in [6, 6.07) is 5.98. The third-order valence-corrected chi connectivity index (χ3v) is 4.79. The monoisotopic (exact) mass is 343 g/mol. The topological polar surface area (TPSA) is 32.5 Å². The van der Waals surface area contributed by atoms with Crippen molar-refractivity contribution in [1.82, 2.24) is 9.80 Å². The second-order valence-corrected chi connectivity index (χ2v) is 6.53. The quantitative estimate of drug-likeness (QED) is 0.911. The Morgan fingerprint density at radius 1 is 1.50 bits per heavy atom. The zero-order chi connectivity index (χ0) is 14.7. The Hall–Kier alpha value is -0.490. The molecule has 2 N–H and O–H groups in total. The van der Waals surface area contributed by atoms with Gasteiger partial charge in [-0.1, -0.05) is 6.07 Å². The van der Waals surface area contributed by atoms with Crippen LogP contribution in [-0.4, -0.2) is 49.6 Å². The first kappa shape index (κ1) is 15.9. The highest BCUT2D eigenvalue weighted by Crippen LogP contribution is 2.27. The van der Waals surface area contributed by atoms with E-state index in [0.29, 0.717) is 17.1 Å². The lowest BCUT2D eigenvalue weighted by molar-refractivity contribution is 0.0983. The lowest BCUT2D eigenvalue weighted by Gasteiger charge is -2.40. The number of nitrogens with two attached hydrogens (primary N) is 1. The summed E-state index contributed by atoms with van der Waals surface area (Å²) in [5, 5.41) is 0. The van der Waals surface area contributed by atoms with Gasteiger partial charge in [-0.25, -0.2) is 4.39 Å². The maximum Gasteiger partial charge on any atom is 0.137 e. The number of hydrogen-bond acceptors (Lipinski definition) is 3. The first-order valence-corrected chi connectivity index (χ1v) is 7.87. The number of hydrogen-bond donors (Lipinski definition) is 1. The van der Waals surface area contributed by atoms with E-state index in [-0.39, 0.29) is 11.9 Å². The van der Waals surface area contributed by atoms with E-state index in [4.69, 9.17) is 5.73 Å². The fourth-order valence-electron chi connectivity index (χ4n) is 2.90.